The third-order valence-electron chi connectivity index (χ3n) is 0.289. The van der Waals surface area contributed by atoms with E-state index in [4.69, 9.17) is 5.73 Å². The van der Waals surface area contributed by atoms with E-state index in [0.29, 0.717) is 0 Å². The molecule has 0 bridgehead atoms. The van der Waals surface area contributed by atoms with Gasteiger partial charge in [-0.15, -0.1) is 0 Å². The Morgan fingerprint density at radius 1 is 1.50 bits per heavy atom. The summed E-state index contributed by atoms with van der Waals surface area (Å²) in [7, 11) is 0. The maximum atomic E-state index is 9.44. The highest BCUT2D eigenvalue weighted by Gasteiger charge is 1.62. The van der Waals surface area contributed by atoms with Crippen molar-refractivity contribution in [3.63, 3.8) is 0 Å². The number of carbonyl (C=O) groups excluding carboxylic acids is 1. The van der Waals surface area contributed by atoms with Gasteiger partial charge < -0.3 is 10.5 Å². The molecule has 2 heteroatoms. The second-order valence-electron chi connectivity index (χ2n) is 1.70. The van der Waals surface area contributed by atoms with Crippen LogP contribution in [0.2, 0.25) is 0 Å². The summed E-state index contributed by atoms with van der Waals surface area (Å²) in [4.78, 5) is 9.44. The van der Waals surface area contributed by atoms with Crippen molar-refractivity contribution in [1.29, 1.82) is 0 Å². The van der Waals surface area contributed by atoms with Gasteiger partial charge in [-0.05, 0) is 26.8 Å². The molecule has 0 aromatic rings. The molecular formula is C6H15NO. The average molecular weight is 117 g/mol. The van der Waals surface area contributed by atoms with Crippen LogP contribution in [0.15, 0.2) is 0 Å². The van der Waals surface area contributed by atoms with Crippen LogP contribution >= 0.6 is 0 Å². The molecule has 0 aliphatic heterocycles. The Morgan fingerprint density at radius 3 is 1.62 bits per heavy atom. The second kappa shape index (κ2) is 9.80. The van der Waals surface area contributed by atoms with Crippen molar-refractivity contribution >= 4 is 5.78 Å². The first kappa shape index (κ1) is 10.6. The van der Waals surface area contributed by atoms with E-state index in [9.17, 15) is 4.79 Å². The summed E-state index contributed by atoms with van der Waals surface area (Å²) in [5.41, 5.74) is 5.03. The van der Waals surface area contributed by atoms with E-state index in [-0.39, 0.29) is 5.78 Å². The van der Waals surface area contributed by atoms with Gasteiger partial charge in [0.1, 0.15) is 5.78 Å². The van der Waals surface area contributed by atoms with Gasteiger partial charge in [-0.2, -0.15) is 0 Å². The molecule has 0 amide bonds. The molecule has 0 unspecified atom stereocenters. The quantitative estimate of drug-likeness (QED) is 0.555. The highest BCUT2D eigenvalue weighted by molar-refractivity contribution is 5.72. The standard InChI is InChI=1S/C3H9N.C3H6O/c1-2-3-4;1-3(2)4/h2-4H2,1H3;1-2H3. The lowest BCUT2D eigenvalue weighted by molar-refractivity contribution is -0.114. The summed E-state index contributed by atoms with van der Waals surface area (Å²) in [6.45, 7) is 5.93. The molecule has 0 rings (SSSR count). The van der Waals surface area contributed by atoms with Crippen LogP contribution in [0.1, 0.15) is 27.2 Å². The minimum atomic E-state index is 0.167. The first-order valence-electron chi connectivity index (χ1n) is 2.82. The number of carbonyl (C=O) groups is 1. The lowest BCUT2D eigenvalue weighted by Gasteiger charge is -1.70. The first-order chi connectivity index (χ1) is 3.65. The molecule has 0 aliphatic carbocycles. The van der Waals surface area contributed by atoms with Crippen molar-refractivity contribution in [2.45, 2.75) is 27.2 Å². The van der Waals surface area contributed by atoms with Crippen LogP contribution in [0.4, 0.5) is 0 Å². The molecule has 50 valence electrons. The van der Waals surface area contributed by atoms with Crippen molar-refractivity contribution < 1.29 is 4.79 Å². The van der Waals surface area contributed by atoms with Crippen molar-refractivity contribution in [2.75, 3.05) is 6.54 Å². The molecule has 0 fully saturated rings. The fourth-order valence-corrected chi connectivity index (χ4v) is 0. The number of rotatable bonds is 1. The fraction of sp³-hybridized carbons (Fsp3) is 0.833. The first-order valence-corrected chi connectivity index (χ1v) is 2.82. The Kier molecular flexibility index (Phi) is 13.0. The lowest BCUT2D eigenvalue weighted by atomic mass is 10.5. The summed E-state index contributed by atoms with van der Waals surface area (Å²) < 4.78 is 0. The van der Waals surface area contributed by atoms with Gasteiger partial charge in [0.25, 0.3) is 0 Å². The Bertz CT molecular complexity index is 46.5. The number of hydrogen-bond acceptors (Lipinski definition) is 2. The highest BCUT2D eigenvalue weighted by Crippen LogP contribution is 1.57. The molecular weight excluding hydrogens is 102 g/mol. The Hall–Kier alpha value is -0.370. The van der Waals surface area contributed by atoms with E-state index in [1.165, 1.54) is 13.8 Å². The predicted octanol–water partition coefficient (Wildman–Crippen LogP) is 0.950. The van der Waals surface area contributed by atoms with E-state index in [2.05, 4.69) is 6.92 Å². The minimum absolute atomic E-state index is 0.167. The summed E-state index contributed by atoms with van der Waals surface area (Å²) in [5.74, 6) is 0.167. The Labute approximate surface area is 51.1 Å². The van der Waals surface area contributed by atoms with E-state index >= 15 is 0 Å². The van der Waals surface area contributed by atoms with E-state index in [0.717, 1.165) is 13.0 Å². The summed E-state index contributed by atoms with van der Waals surface area (Å²) in [6, 6.07) is 0. The van der Waals surface area contributed by atoms with Crippen LogP contribution in [-0.4, -0.2) is 12.3 Å². The molecule has 0 heterocycles. The van der Waals surface area contributed by atoms with Gasteiger partial charge in [0.05, 0.1) is 0 Å². The Morgan fingerprint density at radius 2 is 1.62 bits per heavy atom. The Balaban J connectivity index is 0. The molecule has 2 N–H and O–H groups in total. The van der Waals surface area contributed by atoms with Crippen LogP contribution in [0.25, 0.3) is 0 Å². The zero-order valence-electron chi connectivity index (χ0n) is 5.90. The van der Waals surface area contributed by atoms with Crippen LogP contribution in [-0.2, 0) is 4.79 Å². The van der Waals surface area contributed by atoms with Crippen molar-refractivity contribution in [2.24, 2.45) is 5.73 Å². The van der Waals surface area contributed by atoms with Gasteiger partial charge in [0.15, 0.2) is 0 Å². The SMILES string of the molecule is CC(C)=O.CCCN. The molecule has 0 aromatic heterocycles. The molecule has 0 radical (unpaired) electrons. The summed E-state index contributed by atoms with van der Waals surface area (Å²) in [5, 5.41) is 0. The molecule has 0 saturated carbocycles. The molecule has 2 nitrogen and oxygen atoms in total. The summed E-state index contributed by atoms with van der Waals surface area (Å²) in [6.07, 6.45) is 1.10. The van der Waals surface area contributed by atoms with Crippen molar-refractivity contribution in [1.82, 2.24) is 0 Å². The van der Waals surface area contributed by atoms with Crippen LogP contribution in [0.5, 0.6) is 0 Å². The van der Waals surface area contributed by atoms with Gasteiger partial charge in [-0.25, -0.2) is 0 Å². The fourth-order valence-electron chi connectivity index (χ4n) is 0. The van der Waals surface area contributed by atoms with Crippen molar-refractivity contribution in [3.05, 3.63) is 0 Å². The smallest absolute Gasteiger partial charge is 0.126 e. The monoisotopic (exact) mass is 117 g/mol. The molecule has 0 aromatic carbocycles. The highest BCUT2D eigenvalue weighted by atomic mass is 16.1. The van der Waals surface area contributed by atoms with E-state index in [1.54, 1.807) is 0 Å². The predicted molar refractivity (Wildman–Crippen MR) is 35.7 cm³/mol. The van der Waals surface area contributed by atoms with Gasteiger partial charge in [0, 0.05) is 0 Å². The van der Waals surface area contributed by atoms with E-state index in [1.807, 2.05) is 0 Å². The zero-order valence-corrected chi connectivity index (χ0v) is 5.90. The molecule has 0 aliphatic rings. The normalized spacial score (nSPS) is 7.00. The maximum Gasteiger partial charge on any atom is 0.126 e. The van der Waals surface area contributed by atoms with Gasteiger partial charge in [-0.3, -0.25) is 0 Å². The number of Topliss-reactive ketones (excluding diaryl/α,β-unsaturated/α-hetero) is 1. The summed E-state index contributed by atoms with van der Waals surface area (Å²) >= 11 is 0. The molecule has 0 spiro atoms. The number of nitrogens with two attached hydrogens (primary N) is 1. The van der Waals surface area contributed by atoms with Crippen LogP contribution < -0.4 is 5.73 Å². The van der Waals surface area contributed by atoms with Gasteiger partial charge in [0.2, 0.25) is 0 Å². The largest absolute Gasteiger partial charge is 0.330 e. The molecule has 0 atom stereocenters. The van der Waals surface area contributed by atoms with Crippen LogP contribution in [0, 0.1) is 0 Å². The van der Waals surface area contributed by atoms with Gasteiger partial charge >= 0.3 is 0 Å². The maximum absolute atomic E-state index is 9.44. The van der Waals surface area contributed by atoms with Gasteiger partial charge in [-0.1, -0.05) is 6.92 Å². The van der Waals surface area contributed by atoms with Crippen LogP contribution in [0.3, 0.4) is 0 Å². The third-order valence-corrected chi connectivity index (χ3v) is 0.289. The zero-order chi connectivity index (χ0) is 6.99. The lowest BCUT2D eigenvalue weighted by Crippen LogP contribution is -1.93. The molecule has 8 heavy (non-hydrogen) atoms. The third kappa shape index (κ3) is 304. The number of hydrogen-bond donors (Lipinski definition) is 1. The minimum Gasteiger partial charge on any atom is -0.330 e. The molecule has 0 saturated heterocycles. The van der Waals surface area contributed by atoms with Crippen molar-refractivity contribution in [3.8, 4) is 0 Å². The van der Waals surface area contributed by atoms with E-state index < -0.39 is 0 Å². The second-order valence-corrected chi connectivity index (χ2v) is 1.70. The average Bonchev–Trinajstić information content (AvgIpc) is 1.65. The number of ketones is 1. The topological polar surface area (TPSA) is 43.1 Å².